The van der Waals surface area contributed by atoms with Crippen LogP contribution in [0.25, 0.3) is 0 Å². The topological polar surface area (TPSA) is 24.5 Å². The van der Waals surface area contributed by atoms with Crippen molar-refractivity contribution in [3.05, 3.63) is 35.4 Å². The van der Waals surface area contributed by atoms with Crippen LogP contribution in [0.5, 0.6) is 0 Å². The fraction of sp³-hybridized carbons (Fsp3) is 0.600. The van der Waals surface area contributed by atoms with Gasteiger partial charge in [-0.2, -0.15) is 0 Å². The predicted molar refractivity (Wildman–Crippen MR) is 76.9 cm³/mol. The Hall–Kier alpha value is -0.900. The maximum atomic E-state index is 5.24. The average molecular weight is 250 g/mol. The van der Waals surface area contributed by atoms with Crippen LogP contribution >= 0.6 is 0 Å². The van der Waals surface area contributed by atoms with Gasteiger partial charge in [0.2, 0.25) is 0 Å². The quantitative estimate of drug-likeness (QED) is 0.764. The molecule has 102 valence electrons. The molecule has 1 unspecified atom stereocenters. The Morgan fingerprint density at radius 1 is 1.33 bits per heavy atom. The second-order valence-corrected chi connectivity index (χ2v) is 4.83. The van der Waals surface area contributed by atoms with Gasteiger partial charge in [0, 0.05) is 26.2 Å². The van der Waals surface area contributed by atoms with Gasteiger partial charge in [0.25, 0.3) is 0 Å². The minimum absolute atomic E-state index is 0.397. The van der Waals surface area contributed by atoms with Crippen molar-refractivity contribution in [1.82, 2.24) is 10.2 Å². The number of ether oxygens (including phenoxy) is 1. The summed E-state index contributed by atoms with van der Waals surface area (Å²) < 4.78 is 5.24. The lowest BCUT2D eigenvalue weighted by Crippen LogP contribution is -2.42. The molecule has 3 heteroatoms. The first-order valence-electron chi connectivity index (χ1n) is 6.62. The minimum atomic E-state index is 0.397. The molecule has 1 atom stereocenters. The monoisotopic (exact) mass is 250 g/mol. The molecule has 0 heterocycles. The van der Waals surface area contributed by atoms with Gasteiger partial charge in [-0.3, -0.25) is 0 Å². The van der Waals surface area contributed by atoms with Crippen LogP contribution in [-0.4, -0.2) is 44.8 Å². The number of nitrogens with one attached hydrogen (secondary N) is 1. The van der Waals surface area contributed by atoms with E-state index in [9.17, 15) is 0 Å². The van der Waals surface area contributed by atoms with Crippen molar-refractivity contribution < 1.29 is 4.74 Å². The Balaban J connectivity index is 2.49. The van der Waals surface area contributed by atoms with Crippen LogP contribution in [0.1, 0.15) is 18.1 Å². The zero-order chi connectivity index (χ0) is 13.4. The Kier molecular flexibility index (Phi) is 6.94. The highest BCUT2D eigenvalue weighted by atomic mass is 16.5. The second kappa shape index (κ2) is 8.25. The molecular weight excluding hydrogens is 224 g/mol. The van der Waals surface area contributed by atoms with Crippen molar-refractivity contribution in [3.8, 4) is 0 Å². The molecule has 0 amide bonds. The maximum absolute atomic E-state index is 5.24. The fourth-order valence-electron chi connectivity index (χ4n) is 2.19. The number of aryl methyl sites for hydroxylation is 1. The molecular formula is C15H26N2O. The Bertz CT molecular complexity index is 335. The fourth-order valence-corrected chi connectivity index (χ4v) is 2.19. The number of likely N-dealkylation sites (N-methyl/N-ethyl adjacent to an activating group) is 2. The molecule has 0 aromatic heterocycles. The molecule has 0 saturated heterocycles. The lowest BCUT2D eigenvalue weighted by Gasteiger charge is -2.24. The van der Waals surface area contributed by atoms with Crippen LogP contribution in [-0.2, 0) is 11.3 Å². The lowest BCUT2D eigenvalue weighted by atomic mass is 10.1. The number of hydrogen-bond donors (Lipinski definition) is 1. The standard InChI is InChI=1S/C15H26N2O/c1-5-16-15(12-18-4)11-17(3)10-14-9-7-6-8-13(14)2/h6-9,15-16H,5,10-12H2,1-4H3. The van der Waals surface area contributed by atoms with Crippen LogP contribution in [0.15, 0.2) is 24.3 Å². The number of hydrogen-bond acceptors (Lipinski definition) is 3. The molecule has 0 saturated carbocycles. The van der Waals surface area contributed by atoms with E-state index in [4.69, 9.17) is 4.74 Å². The highest BCUT2D eigenvalue weighted by Crippen LogP contribution is 2.09. The molecule has 3 nitrogen and oxygen atoms in total. The molecule has 0 aliphatic rings. The number of benzene rings is 1. The third-order valence-corrected chi connectivity index (χ3v) is 3.09. The van der Waals surface area contributed by atoms with Gasteiger partial charge in [0.1, 0.15) is 0 Å². The molecule has 1 aromatic carbocycles. The van der Waals surface area contributed by atoms with Crippen molar-refractivity contribution >= 4 is 0 Å². The summed E-state index contributed by atoms with van der Waals surface area (Å²) >= 11 is 0. The molecule has 1 rings (SSSR count). The molecule has 1 aromatic rings. The van der Waals surface area contributed by atoms with Crippen LogP contribution < -0.4 is 5.32 Å². The molecule has 0 radical (unpaired) electrons. The van der Waals surface area contributed by atoms with E-state index >= 15 is 0 Å². The highest BCUT2D eigenvalue weighted by Gasteiger charge is 2.11. The second-order valence-electron chi connectivity index (χ2n) is 4.83. The van der Waals surface area contributed by atoms with Gasteiger partial charge in [-0.1, -0.05) is 31.2 Å². The molecule has 18 heavy (non-hydrogen) atoms. The van der Waals surface area contributed by atoms with Gasteiger partial charge in [0.05, 0.1) is 6.61 Å². The van der Waals surface area contributed by atoms with E-state index in [0.29, 0.717) is 6.04 Å². The number of nitrogens with zero attached hydrogens (tertiary/aromatic N) is 1. The molecule has 0 fully saturated rings. The summed E-state index contributed by atoms with van der Waals surface area (Å²) in [5.41, 5.74) is 2.75. The van der Waals surface area contributed by atoms with Gasteiger partial charge in [0.15, 0.2) is 0 Å². The SMILES string of the molecule is CCNC(COC)CN(C)Cc1ccccc1C. The van der Waals surface area contributed by atoms with Gasteiger partial charge >= 0.3 is 0 Å². The Morgan fingerprint density at radius 3 is 2.67 bits per heavy atom. The van der Waals surface area contributed by atoms with Gasteiger partial charge in [-0.25, -0.2) is 0 Å². The van der Waals surface area contributed by atoms with Crippen molar-refractivity contribution in [1.29, 1.82) is 0 Å². The van der Waals surface area contributed by atoms with Gasteiger partial charge in [-0.05, 0) is 31.6 Å². The zero-order valence-electron chi connectivity index (χ0n) is 12.1. The lowest BCUT2D eigenvalue weighted by molar-refractivity contribution is 0.145. The van der Waals surface area contributed by atoms with Crippen molar-refractivity contribution in [2.24, 2.45) is 0 Å². The largest absolute Gasteiger partial charge is 0.383 e. The average Bonchev–Trinajstić information content (AvgIpc) is 2.33. The van der Waals surface area contributed by atoms with E-state index in [1.165, 1.54) is 11.1 Å². The van der Waals surface area contributed by atoms with E-state index in [1.807, 2.05) is 0 Å². The highest BCUT2D eigenvalue weighted by molar-refractivity contribution is 5.25. The van der Waals surface area contributed by atoms with E-state index in [1.54, 1.807) is 7.11 Å². The summed E-state index contributed by atoms with van der Waals surface area (Å²) in [5, 5.41) is 3.45. The van der Waals surface area contributed by atoms with Gasteiger partial charge in [-0.15, -0.1) is 0 Å². The van der Waals surface area contributed by atoms with Crippen molar-refractivity contribution in [2.75, 3.05) is 33.9 Å². The summed E-state index contributed by atoms with van der Waals surface area (Å²) in [7, 11) is 3.91. The third-order valence-electron chi connectivity index (χ3n) is 3.09. The normalized spacial score (nSPS) is 12.9. The van der Waals surface area contributed by atoms with E-state index in [2.05, 4.69) is 55.4 Å². The Morgan fingerprint density at radius 2 is 2.06 bits per heavy atom. The first-order chi connectivity index (χ1) is 8.67. The summed E-state index contributed by atoms with van der Waals surface area (Å²) in [6.45, 7) is 8.01. The van der Waals surface area contributed by atoms with E-state index in [0.717, 1.165) is 26.2 Å². The number of methoxy groups -OCH3 is 1. The zero-order valence-corrected chi connectivity index (χ0v) is 12.1. The molecule has 0 aliphatic carbocycles. The summed E-state index contributed by atoms with van der Waals surface area (Å²) in [5.74, 6) is 0. The van der Waals surface area contributed by atoms with Gasteiger partial charge < -0.3 is 15.0 Å². The smallest absolute Gasteiger partial charge is 0.0628 e. The first-order valence-corrected chi connectivity index (χ1v) is 6.62. The predicted octanol–water partition coefficient (Wildman–Crippen LogP) is 2.05. The molecule has 0 aliphatic heterocycles. The summed E-state index contributed by atoms with van der Waals surface area (Å²) in [6.07, 6.45) is 0. The van der Waals surface area contributed by atoms with Crippen molar-refractivity contribution in [2.45, 2.75) is 26.4 Å². The third kappa shape index (κ3) is 5.17. The van der Waals surface area contributed by atoms with E-state index < -0.39 is 0 Å². The first kappa shape index (κ1) is 15.2. The van der Waals surface area contributed by atoms with E-state index in [-0.39, 0.29) is 0 Å². The summed E-state index contributed by atoms with van der Waals surface area (Å²) in [6, 6.07) is 8.96. The summed E-state index contributed by atoms with van der Waals surface area (Å²) in [4.78, 5) is 2.34. The van der Waals surface area contributed by atoms with Crippen LogP contribution in [0.3, 0.4) is 0 Å². The van der Waals surface area contributed by atoms with Crippen LogP contribution in [0, 0.1) is 6.92 Å². The molecule has 0 spiro atoms. The van der Waals surface area contributed by atoms with Crippen LogP contribution in [0.2, 0.25) is 0 Å². The Labute approximate surface area is 111 Å². The maximum Gasteiger partial charge on any atom is 0.0628 e. The van der Waals surface area contributed by atoms with Crippen molar-refractivity contribution in [3.63, 3.8) is 0 Å². The minimum Gasteiger partial charge on any atom is -0.383 e. The molecule has 0 bridgehead atoms. The molecule has 1 N–H and O–H groups in total. The van der Waals surface area contributed by atoms with Crippen LogP contribution in [0.4, 0.5) is 0 Å². The number of rotatable bonds is 8.